The third-order valence-electron chi connectivity index (χ3n) is 2.85. The molecule has 2 rings (SSSR count). The second kappa shape index (κ2) is 6.70. The normalized spacial score (nSPS) is 10.2. The van der Waals surface area contributed by atoms with Crippen LogP contribution in [-0.2, 0) is 6.61 Å². The second-order valence-electron chi connectivity index (χ2n) is 4.25. The van der Waals surface area contributed by atoms with Gasteiger partial charge in [-0.3, -0.25) is 4.79 Å². The minimum absolute atomic E-state index is 0.252. The molecule has 1 amide bonds. The first kappa shape index (κ1) is 15.5. The second-order valence-corrected chi connectivity index (χ2v) is 5.10. The van der Waals surface area contributed by atoms with E-state index in [2.05, 4.69) is 0 Å². The zero-order valence-corrected chi connectivity index (χ0v) is 12.7. The molecule has 0 radical (unpaired) electrons. The van der Waals surface area contributed by atoms with Crippen molar-refractivity contribution < 1.29 is 14.3 Å². The molecule has 0 unspecified atom stereocenters. The van der Waals surface area contributed by atoms with Crippen LogP contribution >= 0.6 is 23.2 Å². The highest BCUT2D eigenvalue weighted by Gasteiger charge is 2.10. The zero-order chi connectivity index (χ0) is 15.4. The molecule has 0 aliphatic rings. The van der Waals surface area contributed by atoms with Crippen LogP contribution in [0.5, 0.6) is 11.5 Å². The predicted molar refractivity (Wildman–Crippen MR) is 82.3 cm³/mol. The Morgan fingerprint density at radius 1 is 1.14 bits per heavy atom. The highest BCUT2D eigenvalue weighted by atomic mass is 35.5. The number of hydrogen-bond acceptors (Lipinski definition) is 3. The highest BCUT2D eigenvalue weighted by Crippen LogP contribution is 2.30. The van der Waals surface area contributed by atoms with Crippen LogP contribution in [0.3, 0.4) is 0 Å². The lowest BCUT2D eigenvalue weighted by Gasteiger charge is -2.12. The zero-order valence-electron chi connectivity index (χ0n) is 11.2. The maximum atomic E-state index is 11.1. The summed E-state index contributed by atoms with van der Waals surface area (Å²) in [6.45, 7) is 0.252. The van der Waals surface area contributed by atoms with Gasteiger partial charge >= 0.3 is 0 Å². The van der Waals surface area contributed by atoms with Crippen LogP contribution in [0, 0.1) is 0 Å². The van der Waals surface area contributed by atoms with Crippen molar-refractivity contribution >= 4 is 29.1 Å². The molecule has 4 nitrogen and oxygen atoms in total. The van der Waals surface area contributed by atoms with Crippen molar-refractivity contribution in [1.82, 2.24) is 0 Å². The van der Waals surface area contributed by atoms with Crippen molar-refractivity contribution in [3.8, 4) is 11.5 Å². The van der Waals surface area contributed by atoms with Gasteiger partial charge in [-0.15, -0.1) is 0 Å². The van der Waals surface area contributed by atoms with E-state index in [1.54, 1.807) is 30.3 Å². The van der Waals surface area contributed by atoms with Gasteiger partial charge in [-0.2, -0.15) is 0 Å². The lowest BCUT2D eigenvalue weighted by atomic mass is 10.2. The van der Waals surface area contributed by atoms with Gasteiger partial charge in [0.1, 0.15) is 6.61 Å². The van der Waals surface area contributed by atoms with Crippen LogP contribution < -0.4 is 15.2 Å². The summed E-state index contributed by atoms with van der Waals surface area (Å²) in [6, 6.07) is 9.90. The number of rotatable bonds is 5. The standard InChI is InChI=1S/C15H13Cl2NO3/c1-20-14-6-9(15(18)19)3-5-13(14)21-8-10-2-4-11(16)7-12(10)17/h2-7H,8H2,1H3,(H2,18,19). The van der Waals surface area contributed by atoms with Gasteiger partial charge in [0.05, 0.1) is 7.11 Å². The van der Waals surface area contributed by atoms with Crippen molar-refractivity contribution in [1.29, 1.82) is 0 Å². The van der Waals surface area contributed by atoms with E-state index >= 15 is 0 Å². The average molecular weight is 326 g/mol. The van der Waals surface area contributed by atoms with Gasteiger partial charge in [-0.05, 0) is 30.3 Å². The maximum Gasteiger partial charge on any atom is 0.248 e. The number of halogens is 2. The number of benzene rings is 2. The van der Waals surface area contributed by atoms with E-state index in [0.717, 1.165) is 5.56 Å². The molecule has 6 heteroatoms. The van der Waals surface area contributed by atoms with Gasteiger partial charge < -0.3 is 15.2 Å². The van der Waals surface area contributed by atoms with Crippen molar-refractivity contribution in [3.63, 3.8) is 0 Å². The largest absolute Gasteiger partial charge is 0.493 e. The first-order valence-electron chi connectivity index (χ1n) is 6.06. The number of primary amides is 1. The van der Waals surface area contributed by atoms with Crippen molar-refractivity contribution in [3.05, 3.63) is 57.6 Å². The molecule has 21 heavy (non-hydrogen) atoms. The fraction of sp³-hybridized carbons (Fsp3) is 0.133. The number of carbonyl (C=O) groups excluding carboxylic acids is 1. The maximum absolute atomic E-state index is 11.1. The fourth-order valence-electron chi connectivity index (χ4n) is 1.73. The van der Waals surface area contributed by atoms with Crippen LogP contribution in [0.2, 0.25) is 10.0 Å². The van der Waals surface area contributed by atoms with Crippen molar-refractivity contribution in [2.45, 2.75) is 6.61 Å². The molecule has 2 aromatic rings. The van der Waals surface area contributed by atoms with E-state index in [0.29, 0.717) is 27.1 Å². The van der Waals surface area contributed by atoms with Gasteiger partial charge in [0.2, 0.25) is 5.91 Å². The van der Waals surface area contributed by atoms with Gasteiger partial charge in [-0.25, -0.2) is 0 Å². The van der Waals surface area contributed by atoms with Crippen LogP contribution in [0.4, 0.5) is 0 Å². The summed E-state index contributed by atoms with van der Waals surface area (Å²) >= 11 is 11.9. The summed E-state index contributed by atoms with van der Waals surface area (Å²) < 4.78 is 10.9. The summed E-state index contributed by atoms with van der Waals surface area (Å²) in [4.78, 5) is 11.1. The number of amides is 1. The van der Waals surface area contributed by atoms with E-state index in [4.69, 9.17) is 38.4 Å². The Balaban J connectivity index is 2.17. The Bertz CT molecular complexity index is 674. The fourth-order valence-corrected chi connectivity index (χ4v) is 2.20. The Hall–Kier alpha value is -1.91. The van der Waals surface area contributed by atoms with Crippen LogP contribution in [0.1, 0.15) is 15.9 Å². The SMILES string of the molecule is COc1cc(C(N)=O)ccc1OCc1ccc(Cl)cc1Cl. The van der Waals surface area contributed by atoms with E-state index in [1.807, 2.05) is 0 Å². The van der Waals surface area contributed by atoms with Gasteiger partial charge in [0.25, 0.3) is 0 Å². The van der Waals surface area contributed by atoms with E-state index < -0.39 is 5.91 Å². The Morgan fingerprint density at radius 2 is 1.90 bits per heavy atom. The molecule has 2 aromatic carbocycles. The summed E-state index contributed by atoms with van der Waals surface area (Å²) in [7, 11) is 1.49. The topological polar surface area (TPSA) is 61.5 Å². The van der Waals surface area contributed by atoms with Gasteiger partial charge in [0.15, 0.2) is 11.5 Å². The summed E-state index contributed by atoms with van der Waals surface area (Å²) in [5.41, 5.74) is 6.37. The third-order valence-corrected chi connectivity index (χ3v) is 3.43. The minimum Gasteiger partial charge on any atom is -0.493 e. The molecule has 0 aromatic heterocycles. The molecule has 0 heterocycles. The molecule has 0 fully saturated rings. The predicted octanol–water partition coefficient (Wildman–Crippen LogP) is 3.68. The summed E-state index contributed by atoms with van der Waals surface area (Å²) in [6.07, 6.45) is 0. The quantitative estimate of drug-likeness (QED) is 0.912. The lowest BCUT2D eigenvalue weighted by molar-refractivity contribution is 0.1000. The molecular weight excluding hydrogens is 313 g/mol. The monoisotopic (exact) mass is 325 g/mol. The number of nitrogens with two attached hydrogens (primary N) is 1. The van der Waals surface area contributed by atoms with Crippen LogP contribution in [-0.4, -0.2) is 13.0 Å². The Labute approximate surface area is 132 Å². The first-order valence-corrected chi connectivity index (χ1v) is 6.81. The number of ether oxygens (including phenoxy) is 2. The van der Waals surface area contributed by atoms with Crippen molar-refractivity contribution in [2.24, 2.45) is 5.73 Å². The highest BCUT2D eigenvalue weighted by molar-refractivity contribution is 6.35. The molecule has 0 spiro atoms. The number of hydrogen-bond donors (Lipinski definition) is 1. The lowest BCUT2D eigenvalue weighted by Crippen LogP contribution is -2.11. The van der Waals surface area contributed by atoms with Gasteiger partial charge in [0, 0.05) is 21.2 Å². The molecule has 0 aliphatic heterocycles. The number of carbonyl (C=O) groups is 1. The molecule has 110 valence electrons. The summed E-state index contributed by atoms with van der Waals surface area (Å²) in [5.74, 6) is 0.394. The molecule has 0 aliphatic carbocycles. The number of methoxy groups -OCH3 is 1. The molecule has 0 atom stereocenters. The molecule has 2 N–H and O–H groups in total. The smallest absolute Gasteiger partial charge is 0.248 e. The van der Waals surface area contributed by atoms with E-state index in [-0.39, 0.29) is 6.61 Å². The summed E-state index contributed by atoms with van der Waals surface area (Å²) in [5, 5.41) is 1.09. The van der Waals surface area contributed by atoms with Crippen molar-refractivity contribution in [2.75, 3.05) is 7.11 Å². The average Bonchev–Trinajstić information content (AvgIpc) is 2.46. The molecule has 0 saturated carbocycles. The Morgan fingerprint density at radius 3 is 2.52 bits per heavy atom. The first-order chi connectivity index (χ1) is 10.0. The van der Waals surface area contributed by atoms with Gasteiger partial charge in [-0.1, -0.05) is 29.3 Å². The third kappa shape index (κ3) is 3.80. The molecule has 0 saturated heterocycles. The van der Waals surface area contributed by atoms with Crippen LogP contribution in [0.25, 0.3) is 0 Å². The Kier molecular flexibility index (Phi) is 4.94. The van der Waals surface area contributed by atoms with E-state index in [9.17, 15) is 4.79 Å². The molecular formula is C15H13Cl2NO3. The van der Waals surface area contributed by atoms with E-state index in [1.165, 1.54) is 13.2 Å². The van der Waals surface area contributed by atoms with Crippen LogP contribution in [0.15, 0.2) is 36.4 Å². The molecule has 0 bridgehead atoms. The minimum atomic E-state index is -0.527.